The predicted octanol–water partition coefficient (Wildman–Crippen LogP) is 2.94. The van der Waals surface area contributed by atoms with Crippen LogP contribution in [-0.4, -0.2) is 11.0 Å². The van der Waals surface area contributed by atoms with E-state index in [-0.39, 0.29) is 11.4 Å². The van der Waals surface area contributed by atoms with Crippen LogP contribution in [0.4, 0.5) is 10.1 Å². The molecule has 0 aromatic heterocycles. The second-order valence-electron chi connectivity index (χ2n) is 4.87. The van der Waals surface area contributed by atoms with Crippen molar-refractivity contribution >= 4 is 11.6 Å². The number of amides is 1. The lowest BCUT2D eigenvalue weighted by atomic mass is 9.74. The minimum atomic E-state index is -1.05. The Labute approximate surface area is 110 Å². The van der Waals surface area contributed by atoms with E-state index in [1.807, 2.05) is 0 Å². The van der Waals surface area contributed by atoms with E-state index >= 15 is 0 Å². The lowest BCUT2D eigenvalue weighted by Gasteiger charge is -2.29. The molecule has 1 amide bonds. The van der Waals surface area contributed by atoms with Crippen LogP contribution < -0.4 is 5.32 Å². The number of halogens is 1. The smallest absolute Gasteiger partial charge is 0.244 e. The highest BCUT2D eigenvalue weighted by molar-refractivity contribution is 5.97. The van der Waals surface area contributed by atoms with Gasteiger partial charge in [-0.25, -0.2) is 4.39 Å². The van der Waals surface area contributed by atoms with E-state index < -0.39 is 17.1 Å². The van der Waals surface area contributed by atoms with Gasteiger partial charge in [0.05, 0.1) is 11.8 Å². The minimum absolute atomic E-state index is 0.0111. The van der Waals surface area contributed by atoms with E-state index in [4.69, 9.17) is 5.11 Å². The average Bonchev–Trinajstić information content (AvgIpc) is 2.42. The fourth-order valence-electron chi connectivity index (χ4n) is 2.39. The Morgan fingerprint density at radius 2 is 2.05 bits per heavy atom. The van der Waals surface area contributed by atoms with E-state index in [9.17, 15) is 14.4 Å². The molecule has 1 aromatic carbocycles. The number of nitrogens with one attached hydrogen (secondary N) is 1. The molecule has 0 saturated heterocycles. The Morgan fingerprint density at radius 3 is 2.63 bits per heavy atom. The summed E-state index contributed by atoms with van der Waals surface area (Å²) in [7, 11) is 0. The van der Waals surface area contributed by atoms with Crippen molar-refractivity contribution in [2.75, 3.05) is 5.32 Å². The Balaban J connectivity index is 2.18. The number of carbonyl (C=O) groups is 1. The zero-order valence-electron chi connectivity index (χ0n) is 10.4. The van der Waals surface area contributed by atoms with E-state index in [2.05, 4.69) is 11.4 Å². The van der Waals surface area contributed by atoms with Crippen LogP contribution in [0, 0.1) is 22.6 Å². The molecule has 0 heterocycles. The van der Waals surface area contributed by atoms with Gasteiger partial charge in [-0.05, 0) is 25.0 Å². The fraction of sp³-hybridized carbons (Fsp3) is 0.429. The number of nitriles is 1. The Hall–Kier alpha value is -2.09. The van der Waals surface area contributed by atoms with Crippen LogP contribution in [0.15, 0.2) is 18.2 Å². The molecule has 1 saturated carbocycles. The maximum Gasteiger partial charge on any atom is 0.244 e. The normalized spacial score (nSPS) is 17.5. The van der Waals surface area contributed by atoms with Gasteiger partial charge < -0.3 is 10.4 Å². The summed E-state index contributed by atoms with van der Waals surface area (Å²) in [4.78, 5) is 12.2. The van der Waals surface area contributed by atoms with Crippen LogP contribution >= 0.6 is 0 Å². The number of hydrogen-bond acceptors (Lipinski definition) is 3. The van der Waals surface area contributed by atoms with Gasteiger partial charge in [-0.2, -0.15) is 5.26 Å². The van der Waals surface area contributed by atoms with Crippen LogP contribution in [0.25, 0.3) is 0 Å². The number of anilines is 1. The molecule has 100 valence electrons. The molecule has 0 radical (unpaired) electrons. The second kappa shape index (κ2) is 5.27. The van der Waals surface area contributed by atoms with Crippen molar-refractivity contribution < 1.29 is 14.3 Å². The number of phenolic OH excluding ortho intramolecular Hbond substituents is 1. The number of aromatic hydroxyl groups is 1. The standard InChI is InChI=1S/C14H15FN2O2/c15-11-8-10(18)4-5-12(11)17-13(19)14(9-16)6-2-1-3-7-14/h4-5,8,18H,1-3,6-7H2,(H,17,19). The third-order valence-corrected chi connectivity index (χ3v) is 3.56. The van der Waals surface area contributed by atoms with Crippen molar-refractivity contribution in [3.8, 4) is 11.8 Å². The van der Waals surface area contributed by atoms with Crippen LogP contribution in [-0.2, 0) is 4.79 Å². The molecular formula is C14H15FN2O2. The molecule has 4 nitrogen and oxygen atoms in total. The monoisotopic (exact) mass is 262 g/mol. The summed E-state index contributed by atoms with van der Waals surface area (Å²) in [5.74, 6) is -1.38. The maximum atomic E-state index is 13.5. The SMILES string of the molecule is N#CC1(C(=O)Nc2ccc(O)cc2F)CCCCC1. The molecule has 0 bridgehead atoms. The first-order valence-electron chi connectivity index (χ1n) is 6.29. The van der Waals surface area contributed by atoms with Gasteiger partial charge >= 0.3 is 0 Å². The lowest BCUT2D eigenvalue weighted by Crippen LogP contribution is -2.37. The maximum absolute atomic E-state index is 13.5. The molecule has 0 spiro atoms. The molecule has 0 unspecified atom stereocenters. The fourth-order valence-corrected chi connectivity index (χ4v) is 2.39. The van der Waals surface area contributed by atoms with Crippen molar-refractivity contribution in [2.24, 2.45) is 5.41 Å². The van der Waals surface area contributed by atoms with E-state index in [0.717, 1.165) is 25.3 Å². The highest BCUT2D eigenvalue weighted by Gasteiger charge is 2.40. The van der Waals surface area contributed by atoms with Gasteiger partial charge in [0, 0.05) is 6.07 Å². The van der Waals surface area contributed by atoms with E-state index in [1.165, 1.54) is 12.1 Å². The van der Waals surface area contributed by atoms with Gasteiger partial charge in [0.2, 0.25) is 5.91 Å². The molecule has 5 heteroatoms. The number of benzene rings is 1. The number of hydrogen-bond donors (Lipinski definition) is 2. The first-order valence-corrected chi connectivity index (χ1v) is 6.29. The summed E-state index contributed by atoms with van der Waals surface area (Å²) < 4.78 is 13.5. The predicted molar refractivity (Wildman–Crippen MR) is 67.8 cm³/mol. The molecular weight excluding hydrogens is 247 g/mol. The highest BCUT2D eigenvalue weighted by Crippen LogP contribution is 2.37. The first kappa shape index (κ1) is 13.3. The summed E-state index contributed by atoms with van der Waals surface area (Å²) in [6.45, 7) is 0. The molecule has 0 aliphatic heterocycles. The molecule has 2 rings (SSSR count). The summed E-state index contributed by atoms with van der Waals surface area (Å²) in [5.41, 5.74) is -1.06. The average molecular weight is 262 g/mol. The molecule has 1 aliphatic carbocycles. The van der Waals surface area contributed by atoms with Crippen LogP contribution in [0.3, 0.4) is 0 Å². The highest BCUT2D eigenvalue weighted by atomic mass is 19.1. The quantitative estimate of drug-likeness (QED) is 0.805. The third-order valence-electron chi connectivity index (χ3n) is 3.56. The zero-order valence-corrected chi connectivity index (χ0v) is 10.4. The van der Waals surface area contributed by atoms with Crippen LogP contribution in [0.5, 0.6) is 5.75 Å². The van der Waals surface area contributed by atoms with Crippen molar-refractivity contribution in [1.29, 1.82) is 5.26 Å². The zero-order chi connectivity index (χ0) is 13.9. The minimum Gasteiger partial charge on any atom is -0.508 e. The summed E-state index contributed by atoms with van der Waals surface area (Å²) >= 11 is 0. The Kier molecular flexibility index (Phi) is 3.70. The lowest BCUT2D eigenvalue weighted by molar-refractivity contribution is -0.124. The molecule has 0 atom stereocenters. The van der Waals surface area contributed by atoms with E-state index in [0.29, 0.717) is 12.8 Å². The number of rotatable bonds is 2. The van der Waals surface area contributed by atoms with Gasteiger partial charge in [-0.15, -0.1) is 0 Å². The summed E-state index contributed by atoms with van der Waals surface area (Å²) in [5, 5.41) is 20.8. The molecule has 1 fully saturated rings. The van der Waals surface area contributed by atoms with Gasteiger partial charge in [0.25, 0.3) is 0 Å². The molecule has 19 heavy (non-hydrogen) atoms. The van der Waals surface area contributed by atoms with Crippen molar-refractivity contribution in [1.82, 2.24) is 0 Å². The Bertz CT molecular complexity index is 531. The van der Waals surface area contributed by atoms with Gasteiger partial charge in [-0.3, -0.25) is 4.79 Å². The van der Waals surface area contributed by atoms with Crippen LogP contribution in [0.1, 0.15) is 32.1 Å². The van der Waals surface area contributed by atoms with Crippen molar-refractivity contribution in [3.63, 3.8) is 0 Å². The first-order chi connectivity index (χ1) is 9.07. The van der Waals surface area contributed by atoms with E-state index in [1.54, 1.807) is 0 Å². The Morgan fingerprint density at radius 1 is 1.37 bits per heavy atom. The number of nitrogens with zero attached hydrogens (tertiary/aromatic N) is 1. The van der Waals surface area contributed by atoms with Crippen molar-refractivity contribution in [3.05, 3.63) is 24.0 Å². The van der Waals surface area contributed by atoms with Gasteiger partial charge in [0.1, 0.15) is 17.0 Å². The largest absolute Gasteiger partial charge is 0.508 e. The van der Waals surface area contributed by atoms with Gasteiger partial charge in [0.15, 0.2) is 0 Å². The number of carbonyl (C=O) groups excluding carboxylic acids is 1. The third kappa shape index (κ3) is 2.68. The number of phenols is 1. The molecule has 2 N–H and O–H groups in total. The summed E-state index contributed by atoms with van der Waals surface area (Å²) in [6.07, 6.45) is 3.70. The second-order valence-corrected chi connectivity index (χ2v) is 4.87. The van der Waals surface area contributed by atoms with Crippen molar-refractivity contribution in [2.45, 2.75) is 32.1 Å². The molecule has 1 aliphatic rings. The molecule has 1 aromatic rings. The topological polar surface area (TPSA) is 73.1 Å². The summed E-state index contributed by atoms with van der Waals surface area (Å²) in [6, 6.07) is 5.59. The van der Waals surface area contributed by atoms with Crippen LogP contribution in [0.2, 0.25) is 0 Å². The van der Waals surface area contributed by atoms with Gasteiger partial charge in [-0.1, -0.05) is 19.3 Å².